The normalized spacial score (nSPS) is 11.5. The summed E-state index contributed by atoms with van der Waals surface area (Å²) < 4.78 is 42.6. The van der Waals surface area contributed by atoms with Gasteiger partial charge in [0.05, 0.1) is 12.0 Å². The summed E-state index contributed by atoms with van der Waals surface area (Å²) in [5, 5.41) is 2.73. The van der Waals surface area contributed by atoms with Crippen LogP contribution in [0, 0.1) is 0 Å². The van der Waals surface area contributed by atoms with Gasteiger partial charge in [0, 0.05) is 19.8 Å². The fraction of sp³-hybridized carbons (Fsp3) is 0.562. The second-order valence-electron chi connectivity index (χ2n) is 5.04. The zero-order chi connectivity index (χ0) is 16.4. The van der Waals surface area contributed by atoms with Gasteiger partial charge in [0.25, 0.3) is 0 Å². The molecule has 3 nitrogen and oxygen atoms in total. The Morgan fingerprint density at radius 1 is 1.14 bits per heavy atom. The summed E-state index contributed by atoms with van der Waals surface area (Å²) >= 11 is 0. The van der Waals surface area contributed by atoms with Crippen molar-refractivity contribution in [1.82, 2.24) is 5.32 Å². The summed E-state index contributed by atoms with van der Waals surface area (Å²) in [6.45, 7) is 3.92. The van der Waals surface area contributed by atoms with E-state index in [-0.39, 0.29) is 12.3 Å². The lowest BCUT2D eigenvalue weighted by Crippen LogP contribution is -2.26. The van der Waals surface area contributed by atoms with Crippen molar-refractivity contribution < 1.29 is 22.7 Å². The Bertz CT molecular complexity index is 444. The summed E-state index contributed by atoms with van der Waals surface area (Å²) in [6.07, 6.45) is -1.43. The topological polar surface area (TPSA) is 38.3 Å². The highest BCUT2D eigenvalue weighted by atomic mass is 19.4. The van der Waals surface area contributed by atoms with Crippen LogP contribution in [0.25, 0.3) is 0 Å². The number of alkyl halides is 3. The second kappa shape index (κ2) is 9.46. The quantitative estimate of drug-likeness (QED) is 0.707. The van der Waals surface area contributed by atoms with Gasteiger partial charge in [-0.15, -0.1) is 0 Å². The van der Waals surface area contributed by atoms with Gasteiger partial charge in [-0.05, 0) is 30.5 Å². The molecule has 0 aliphatic heterocycles. The molecule has 22 heavy (non-hydrogen) atoms. The Labute approximate surface area is 128 Å². The first kappa shape index (κ1) is 18.5. The largest absolute Gasteiger partial charge is 0.416 e. The molecule has 1 aromatic rings. The minimum absolute atomic E-state index is 0.0782. The fourth-order valence-electron chi connectivity index (χ4n) is 1.81. The van der Waals surface area contributed by atoms with Crippen molar-refractivity contribution in [3.8, 4) is 0 Å². The molecule has 1 N–H and O–H groups in total. The van der Waals surface area contributed by atoms with E-state index in [0.29, 0.717) is 18.7 Å². The molecule has 0 heterocycles. The number of hydrogen-bond acceptors (Lipinski definition) is 2. The number of amides is 1. The Morgan fingerprint density at radius 3 is 2.36 bits per heavy atom. The zero-order valence-electron chi connectivity index (χ0n) is 12.7. The van der Waals surface area contributed by atoms with Gasteiger partial charge < -0.3 is 10.1 Å². The van der Waals surface area contributed by atoms with Crippen LogP contribution in [0.15, 0.2) is 24.3 Å². The van der Waals surface area contributed by atoms with Crippen LogP contribution in [-0.4, -0.2) is 25.7 Å². The number of ether oxygens (including phenoxy) is 1. The maximum atomic E-state index is 12.4. The minimum atomic E-state index is -4.35. The average molecular weight is 317 g/mol. The molecule has 1 aromatic carbocycles. The first-order valence-corrected chi connectivity index (χ1v) is 7.44. The van der Waals surface area contributed by atoms with E-state index in [9.17, 15) is 18.0 Å². The molecule has 0 saturated carbocycles. The highest BCUT2D eigenvalue weighted by Crippen LogP contribution is 2.29. The summed E-state index contributed by atoms with van der Waals surface area (Å²) in [5.74, 6) is -0.201. The number of hydrogen-bond donors (Lipinski definition) is 1. The molecule has 0 bridgehead atoms. The van der Waals surface area contributed by atoms with E-state index >= 15 is 0 Å². The van der Waals surface area contributed by atoms with E-state index in [1.54, 1.807) is 0 Å². The lowest BCUT2D eigenvalue weighted by molar-refractivity contribution is -0.137. The van der Waals surface area contributed by atoms with Crippen LogP contribution in [0.3, 0.4) is 0 Å². The number of benzene rings is 1. The highest BCUT2D eigenvalue weighted by molar-refractivity contribution is 5.78. The number of carbonyl (C=O) groups is 1. The zero-order valence-corrected chi connectivity index (χ0v) is 12.7. The van der Waals surface area contributed by atoms with Gasteiger partial charge in [-0.1, -0.05) is 25.5 Å². The molecular weight excluding hydrogens is 295 g/mol. The van der Waals surface area contributed by atoms with Crippen molar-refractivity contribution in [2.24, 2.45) is 0 Å². The molecule has 0 fully saturated rings. The minimum Gasteiger partial charge on any atom is -0.381 e. The molecule has 6 heteroatoms. The SMILES string of the molecule is CCCCOCCCNC(=O)Cc1ccc(C(F)(F)F)cc1. The number of rotatable bonds is 9. The molecule has 0 aromatic heterocycles. The van der Waals surface area contributed by atoms with E-state index < -0.39 is 11.7 Å². The summed E-state index contributed by atoms with van der Waals surface area (Å²) in [4.78, 5) is 11.7. The Hall–Kier alpha value is -1.56. The summed E-state index contributed by atoms with van der Waals surface area (Å²) in [5.41, 5.74) is -0.148. The number of carbonyl (C=O) groups excluding carboxylic acids is 1. The Balaban J connectivity index is 2.22. The lowest BCUT2D eigenvalue weighted by Gasteiger charge is -2.08. The lowest BCUT2D eigenvalue weighted by atomic mass is 10.1. The second-order valence-corrected chi connectivity index (χ2v) is 5.04. The smallest absolute Gasteiger partial charge is 0.381 e. The molecule has 1 rings (SSSR count). The third-order valence-electron chi connectivity index (χ3n) is 3.08. The molecule has 0 radical (unpaired) electrons. The molecule has 0 spiro atoms. The molecule has 0 saturated heterocycles. The van der Waals surface area contributed by atoms with Gasteiger partial charge in [0.1, 0.15) is 0 Å². The van der Waals surface area contributed by atoms with Gasteiger partial charge in [-0.25, -0.2) is 0 Å². The standard InChI is InChI=1S/C16H22F3NO2/c1-2-3-10-22-11-4-9-20-15(21)12-13-5-7-14(8-6-13)16(17,18)19/h5-8H,2-4,9-12H2,1H3,(H,20,21). The van der Waals surface area contributed by atoms with Crippen LogP contribution < -0.4 is 5.32 Å². The average Bonchev–Trinajstić information content (AvgIpc) is 2.46. The van der Waals surface area contributed by atoms with E-state index in [0.717, 1.165) is 38.0 Å². The fourth-order valence-corrected chi connectivity index (χ4v) is 1.81. The predicted molar refractivity (Wildman–Crippen MR) is 78.5 cm³/mol. The molecule has 0 aliphatic carbocycles. The molecule has 1 amide bonds. The van der Waals surface area contributed by atoms with Crippen molar-refractivity contribution in [3.05, 3.63) is 35.4 Å². The maximum absolute atomic E-state index is 12.4. The molecule has 0 atom stereocenters. The Morgan fingerprint density at radius 2 is 1.77 bits per heavy atom. The summed E-state index contributed by atoms with van der Waals surface area (Å²) in [7, 11) is 0. The van der Waals surface area contributed by atoms with E-state index in [2.05, 4.69) is 12.2 Å². The van der Waals surface area contributed by atoms with Crippen LogP contribution in [0.2, 0.25) is 0 Å². The number of halogens is 3. The molecule has 0 aliphatic rings. The molecule has 124 valence electrons. The molecule has 0 unspecified atom stereocenters. The van der Waals surface area contributed by atoms with Crippen LogP contribution >= 0.6 is 0 Å². The van der Waals surface area contributed by atoms with Gasteiger partial charge in [0.15, 0.2) is 0 Å². The Kier molecular flexibility index (Phi) is 7.95. The van der Waals surface area contributed by atoms with Gasteiger partial charge in [-0.2, -0.15) is 13.2 Å². The first-order chi connectivity index (χ1) is 10.4. The van der Waals surface area contributed by atoms with Crippen LogP contribution in [-0.2, 0) is 22.1 Å². The van der Waals surface area contributed by atoms with E-state index in [4.69, 9.17) is 4.74 Å². The van der Waals surface area contributed by atoms with Crippen LogP contribution in [0.5, 0.6) is 0 Å². The van der Waals surface area contributed by atoms with Crippen LogP contribution in [0.4, 0.5) is 13.2 Å². The van der Waals surface area contributed by atoms with Crippen molar-refractivity contribution >= 4 is 5.91 Å². The third-order valence-corrected chi connectivity index (χ3v) is 3.08. The van der Waals surface area contributed by atoms with E-state index in [1.165, 1.54) is 12.1 Å². The predicted octanol–water partition coefficient (Wildman–Crippen LogP) is 3.57. The van der Waals surface area contributed by atoms with Crippen LogP contribution in [0.1, 0.15) is 37.3 Å². The van der Waals surface area contributed by atoms with Gasteiger partial charge in [-0.3, -0.25) is 4.79 Å². The first-order valence-electron chi connectivity index (χ1n) is 7.44. The van der Waals surface area contributed by atoms with Crippen molar-refractivity contribution in [2.45, 2.75) is 38.8 Å². The number of unbranched alkanes of at least 4 members (excludes halogenated alkanes) is 1. The number of nitrogens with one attached hydrogen (secondary N) is 1. The molecular formula is C16H22F3NO2. The van der Waals surface area contributed by atoms with Gasteiger partial charge in [0.2, 0.25) is 5.91 Å². The highest BCUT2D eigenvalue weighted by Gasteiger charge is 2.29. The maximum Gasteiger partial charge on any atom is 0.416 e. The van der Waals surface area contributed by atoms with Gasteiger partial charge >= 0.3 is 6.18 Å². The van der Waals surface area contributed by atoms with E-state index in [1.807, 2.05) is 0 Å². The van der Waals surface area contributed by atoms with Crippen molar-refractivity contribution in [2.75, 3.05) is 19.8 Å². The summed E-state index contributed by atoms with van der Waals surface area (Å²) in [6, 6.07) is 4.64. The monoisotopic (exact) mass is 317 g/mol. The van der Waals surface area contributed by atoms with Crippen molar-refractivity contribution in [1.29, 1.82) is 0 Å². The van der Waals surface area contributed by atoms with Crippen molar-refractivity contribution in [3.63, 3.8) is 0 Å². The third kappa shape index (κ3) is 7.45.